The van der Waals surface area contributed by atoms with E-state index >= 15 is 0 Å². The smallest absolute Gasteiger partial charge is 0.275 e. The van der Waals surface area contributed by atoms with Gasteiger partial charge in [-0.2, -0.15) is 0 Å². The van der Waals surface area contributed by atoms with E-state index in [0.717, 1.165) is 9.48 Å². The number of amides is 1. The van der Waals surface area contributed by atoms with Gasteiger partial charge in [-0.05, 0) is 18.2 Å². The van der Waals surface area contributed by atoms with Gasteiger partial charge in [-0.15, -0.1) is 11.3 Å². The molecule has 0 saturated heterocycles. The molecule has 1 amide bonds. The first kappa shape index (κ1) is 13.5. The number of thiazole rings is 1. The zero-order valence-corrected chi connectivity index (χ0v) is 12.3. The molecule has 2 rings (SSSR count). The molecular weight excluding hydrogens is 338 g/mol. The highest BCUT2D eigenvalue weighted by Gasteiger charge is 2.12. The molecule has 0 unspecified atom stereocenters. The zero-order valence-electron chi connectivity index (χ0n) is 9.11. The fraction of sp³-hybridized carbons (Fsp3) is 0.0909. The van der Waals surface area contributed by atoms with E-state index in [1.54, 1.807) is 23.6 Å². The quantitative estimate of drug-likeness (QED) is 0.896. The Labute approximate surface area is 121 Å². The second-order valence-corrected chi connectivity index (χ2v) is 5.67. The first-order valence-corrected chi connectivity index (χ1v) is 7.06. The second kappa shape index (κ2) is 5.79. The predicted molar refractivity (Wildman–Crippen MR) is 77.1 cm³/mol. The molecule has 0 radical (unpaired) electrons. The summed E-state index contributed by atoms with van der Waals surface area (Å²) in [5.74, 6) is -0.300. The number of anilines is 1. The van der Waals surface area contributed by atoms with Crippen LogP contribution in [-0.2, 0) is 6.54 Å². The number of carbonyl (C=O) groups excluding carboxylic acids is 1. The SMILES string of the molecule is NCc1nc(C(=O)Nc2cc(Br)ccc2Cl)cs1. The Morgan fingerprint density at radius 3 is 3.00 bits per heavy atom. The summed E-state index contributed by atoms with van der Waals surface area (Å²) in [6.45, 7) is 0.329. The normalized spacial score (nSPS) is 10.4. The van der Waals surface area contributed by atoms with Crippen molar-refractivity contribution in [2.24, 2.45) is 5.73 Å². The molecule has 0 spiro atoms. The van der Waals surface area contributed by atoms with Gasteiger partial charge in [0.25, 0.3) is 5.91 Å². The Kier molecular flexibility index (Phi) is 4.34. The Morgan fingerprint density at radius 1 is 1.56 bits per heavy atom. The third kappa shape index (κ3) is 3.08. The van der Waals surface area contributed by atoms with E-state index in [1.165, 1.54) is 11.3 Å². The number of nitrogens with two attached hydrogens (primary N) is 1. The topological polar surface area (TPSA) is 68.0 Å². The molecule has 7 heteroatoms. The number of nitrogens with zero attached hydrogens (tertiary/aromatic N) is 1. The lowest BCUT2D eigenvalue weighted by Crippen LogP contribution is -2.13. The van der Waals surface area contributed by atoms with Crippen LogP contribution in [0.3, 0.4) is 0 Å². The number of aromatic nitrogens is 1. The Morgan fingerprint density at radius 2 is 2.33 bits per heavy atom. The fourth-order valence-electron chi connectivity index (χ4n) is 1.29. The van der Waals surface area contributed by atoms with Crippen LogP contribution in [0, 0.1) is 0 Å². The molecule has 1 aromatic heterocycles. The lowest BCUT2D eigenvalue weighted by Gasteiger charge is -2.06. The second-order valence-electron chi connectivity index (χ2n) is 3.41. The van der Waals surface area contributed by atoms with Crippen molar-refractivity contribution in [1.29, 1.82) is 0 Å². The van der Waals surface area contributed by atoms with Gasteiger partial charge in [0.05, 0.1) is 10.7 Å². The van der Waals surface area contributed by atoms with Crippen LogP contribution < -0.4 is 11.1 Å². The number of halogens is 2. The summed E-state index contributed by atoms with van der Waals surface area (Å²) in [5.41, 5.74) is 6.33. The minimum absolute atomic E-state index is 0.300. The Hall–Kier alpha value is -0.950. The van der Waals surface area contributed by atoms with Gasteiger partial charge in [0, 0.05) is 16.4 Å². The van der Waals surface area contributed by atoms with Crippen LogP contribution in [0.2, 0.25) is 5.02 Å². The molecule has 0 aliphatic carbocycles. The average molecular weight is 347 g/mol. The average Bonchev–Trinajstić information content (AvgIpc) is 2.82. The summed E-state index contributed by atoms with van der Waals surface area (Å²) in [6, 6.07) is 5.23. The number of hydrogen-bond acceptors (Lipinski definition) is 4. The van der Waals surface area contributed by atoms with Crippen LogP contribution in [0.25, 0.3) is 0 Å². The molecule has 94 valence electrons. The maximum atomic E-state index is 11.9. The van der Waals surface area contributed by atoms with Crippen molar-refractivity contribution in [2.75, 3.05) is 5.32 Å². The molecule has 0 saturated carbocycles. The van der Waals surface area contributed by atoms with E-state index < -0.39 is 0 Å². The minimum atomic E-state index is -0.300. The fourth-order valence-corrected chi connectivity index (χ4v) is 2.47. The molecule has 0 fully saturated rings. The van der Waals surface area contributed by atoms with Crippen molar-refractivity contribution in [3.05, 3.63) is 43.8 Å². The lowest BCUT2D eigenvalue weighted by molar-refractivity contribution is 0.102. The molecule has 4 nitrogen and oxygen atoms in total. The van der Waals surface area contributed by atoms with E-state index in [0.29, 0.717) is 22.9 Å². The van der Waals surface area contributed by atoms with E-state index in [1.807, 2.05) is 0 Å². The zero-order chi connectivity index (χ0) is 13.1. The molecule has 0 atom stereocenters. The van der Waals surface area contributed by atoms with Crippen molar-refractivity contribution >= 4 is 50.5 Å². The molecule has 0 bridgehead atoms. The highest BCUT2D eigenvalue weighted by Crippen LogP contribution is 2.26. The number of benzene rings is 1. The maximum Gasteiger partial charge on any atom is 0.275 e. The van der Waals surface area contributed by atoms with Crippen LogP contribution in [0.4, 0.5) is 5.69 Å². The molecular formula is C11H9BrClN3OS. The molecule has 0 aliphatic heterocycles. The summed E-state index contributed by atoms with van der Waals surface area (Å²) in [7, 11) is 0. The Bertz CT molecular complexity index is 587. The van der Waals surface area contributed by atoms with Crippen molar-refractivity contribution in [3.8, 4) is 0 Å². The van der Waals surface area contributed by atoms with Crippen molar-refractivity contribution in [2.45, 2.75) is 6.54 Å². The van der Waals surface area contributed by atoms with Gasteiger partial charge in [0.15, 0.2) is 0 Å². The molecule has 2 aromatic rings. The van der Waals surface area contributed by atoms with E-state index in [9.17, 15) is 4.79 Å². The maximum absolute atomic E-state index is 11.9. The van der Waals surface area contributed by atoms with Crippen molar-refractivity contribution in [3.63, 3.8) is 0 Å². The summed E-state index contributed by atoms with van der Waals surface area (Å²) >= 11 is 10.7. The van der Waals surface area contributed by atoms with Crippen molar-refractivity contribution < 1.29 is 4.79 Å². The van der Waals surface area contributed by atoms with Gasteiger partial charge >= 0.3 is 0 Å². The van der Waals surface area contributed by atoms with Crippen LogP contribution in [0.1, 0.15) is 15.5 Å². The molecule has 3 N–H and O–H groups in total. The first-order chi connectivity index (χ1) is 8.60. The highest BCUT2D eigenvalue weighted by molar-refractivity contribution is 9.10. The van der Waals surface area contributed by atoms with Gasteiger partial charge in [-0.25, -0.2) is 4.98 Å². The van der Waals surface area contributed by atoms with Crippen LogP contribution >= 0.6 is 38.9 Å². The molecule has 1 aromatic carbocycles. The number of hydrogen-bond donors (Lipinski definition) is 2. The summed E-state index contributed by atoms with van der Waals surface area (Å²) in [4.78, 5) is 16.0. The van der Waals surface area contributed by atoms with Gasteiger partial charge in [-0.1, -0.05) is 27.5 Å². The van der Waals surface area contributed by atoms with Crippen LogP contribution in [0.15, 0.2) is 28.1 Å². The number of carbonyl (C=O) groups is 1. The van der Waals surface area contributed by atoms with Gasteiger partial charge in [0.2, 0.25) is 0 Å². The molecule has 18 heavy (non-hydrogen) atoms. The van der Waals surface area contributed by atoms with Crippen LogP contribution in [-0.4, -0.2) is 10.9 Å². The third-order valence-electron chi connectivity index (χ3n) is 2.14. The van der Waals surface area contributed by atoms with Gasteiger partial charge < -0.3 is 11.1 Å². The summed E-state index contributed by atoms with van der Waals surface area (Å²) in [5, 5.41) is 5.57. The predicted octanol–water partition coefficient (Wildman–Crippen LogP) is 3.27. The number of nitrogens with one attached hydrogen (secondary N) is 1. The van der Waals surface area contributed by atoms with Gasteiger partial charge in [0.1, 0.15) is 10.7 Å². The highest BCUT2D eigenvalue weighted by atomic mass is 79.9. The summed E-state index contributed by atoms with van der Waals surface area (Å²) < 4.78 is 0.836. The minimum Gasteiger partial charge on any atom is -0.325 e. The van der Waals surface area contributed by atoms with Crippen molar-refractivity contribution in [1.82, 2.24) is 4.98 Å². The van der Waals surface area contributed by atoms with Crippen LogP contribution in [0.5, 0.6) is 0 Å². The summed E-state index contributed by atoms with van der Waals surface area (Å²) in [6.07, 6.45) is 0. The monoisotopic (exact) mass is 345 g/mol. The standard InChI is InChI=1S/C11H9BrClN3OS/c12-6-1-2-7(13)8(3-6)16-11(17)9-5-18-10(4-14)15-9/h1-3,5H,4,14H2,(H,16,17). The van der Waals surface area contributed by atoms with E-state index in [-0.39, 0.29) is 5.91 Å². The molecule has 0 aliphatic rings. The lowest BCUT2D eigenvalue weighted by atomic mass is 10.3. The third-order valence-corrected chi connectivity index (χ3v) is 3.83. The Balaban J connectivity index is 2.18. The molecule has 1 heterocycles. The first-order valence-electron chi connectivity index (χ1n) is 5.01. The largest absolute Gasteiger partial charge is 0.325 e. The number of rotatable bonds is 3. The van der Waals surface area contributed by atoms with E-state index in [4.69, 9.17) is 17.3 Å². The van der Waals surface area contributed by atoms with E-state index in [2.05, 4.69) is 26.2 Å². The van der Waals surface area contributed by atoms with Gasteiger partial charge in [-0.3, -0.25) is 4.79 Å².